The van der Waals surface area contributed by atoms with Crippen molar-refractivity contribution in [3.8, 4) is 0 Å². The molecule has 0 amide bonds. The average Bonchev–Trinajstić information content (AvgIpc) is 2.70. The van der Waals surface area contributed by atoms with Crippen LogP contribution in [-0.2, 0) is 9.53 Å². The molecule has 2 aliphatic rings. The molecule has 0 saturated carbocycles. The second kappa shape index (κ2) is 5.09. The minimum Gasteiger partial charge on any atom is -0.469 e. The predicted octanol–water partition coefficient (Wildman–Crippen LogP) is 2.01. The number of carbonyl (C=O) groups excluding carboxylic acids is 1. The summed E-state index contributed by atoms with van der Waals surface area (Å²) in [6.07, 6.45) is 3.29. The van der Waals surface area contributed by atoms with E-state index >= 15 is 0 Å². The summed E-state index contributed by atoms with van der Waals surface area (Å²) in [4.78, 5) is 14.6. The van der Waals surface area contributed by atoms with E-state index in [2.05, 4.69) is 24.1 Å². The van der Waals surface area contributed by atoms with Gasteiger partial charge in [0, 0.05) is 23.7 Å². The number of hydrogen-bond donors (Lipinski definition) is 1. The van der Waals surface area contributed by atoms with Gasteiger partial charge in [-0.2, -0.15) is 0 Å². The highest BCUT2D eigenvalue weighted by Crippen LogP contribution is 2.46. The fourth-order valence-electron chi connectivity index (χ4n) is 4.01. The van der Waals surface area contributed by atoms with Gasteiger partial charge in [-0.1, -0.05) is 12.1 Å². The molecule has 2 fully saturated rings. The largest absolute Gasteiger partial charge is 0.469 e. The van der Waals surface area contributed by atoms with Crippen LogP contribution in [0, 0.1) is 5.92 Å². The van der Waals surface area contributed by atoms with E-state index in [0.717, 1.165) is 18.5 Å². The van der Waals surface area contributed by atoms with Gasteiger partial charge in [0.05, 0.1) is 13.0 Å². The first-order valence-electron chi connectivity index (χ1n) is 7.27. The summed E-state index contributed by atoms with van der Waals surface area (Å²) in [7, 11) is 3.63. The van der Waals surface area contributed by atoms with Crippen LogP contribution in [0.1, 0.15) is 30.7 Å². The SMILES string of the molecule is COC(=O)C1C2CCC(C[C@H]1c1ccc(N)cc1)N2C. The molecule has 0 spiro atoms. The first-order chi connectivity index (χ1) is 9.61. The fourth-order valence-corrected chi connectivity index (χ4v) is 4.01. The molecule has 3 unspecified atom stereocenters. The minimum atomic E-state index is -0.0796. The average molecular weight is 274 g/mol. The Morgan fingerprint density at radius 1 is 1.30 bits per heavy atom. The molecule has 2 saturated heterocycles. The molecule has 1 aromatic carbocycles. The number of nitrogens with two attached hydrogens (primary N) is 1. The Morgan fingerprint density at radius 3 is 2.65 bits per heavy atom. The first kappa shape index (κ1) is 13.4. The highest BCUT2D eigenvalue weighted by Gasteiger charge is 2.49. The normalized spacial score (nSPS) is 33.1. The van der Waals surface area contributed by atoms with E-state index in [4.69, 9.17) is 10.5 Å². The van der Waals surface area contributed by atoms with Crippen LogP contribution >= 0.6 is 0 Å². The molecule has 108 valence electrons. The van der Waals surface area contributed by atoms with Crippen LogP contribution < -0.4 is 5.73 Å². The molecule has 2 bridgehead atoms. The molecule has 0 radical (unpaired) electrons. The number of carbonyl (C=O) groups is 1. The monoisotopic (exact) mass is 274 g/mol. The summed E-state index contributed by atoms with van der Waals surface area (Å²) in [6.45, 7) is 0. The van der Waals surface area contributed by atoms with Crippen LogP contribution in [0.15, 0.2) is 24.3 Å². The fraction of sp³-hybridized carbons (Fsp3) is 0.562. The zero-order valence-electron chi connectivity index (χ0n) is 12.1. The van der Waals surface area contributed by atoms with Crippen LogP contribution in [0.25, 0.3) is 0 Å². The number of benzene rings is 1. The van der Waals surface area contributed by atoms with Crippen LogP contribution in [0.2, 0.25) is 0 Å². The summed E-state index contributed by atoms with van der Waals surface area (Å²) in [5.41, 5.74) is 7.74. The standard InChI is InChI=1S/C16H22N2O2/c1-18-12-7-8-14(18)15(16(19)20-2)13(9-12)10-3-5-11(17)6-4-10/h3-6,12-15H,7-9,17H2,1-2H3/t12?,13-,14?,15?/m0/s1. The van der Waals surface area contributed by atoms with Crippen LogP contribution in [0.4, 0.5) is 5.69 Å². The van der Waals surface area contributed by atoms with Gasteiger partial charge in [0.1, 0.15) is 0 Å². The third-order valence-corrected chi connectivity index (χ3v) is 5.11. The van der Waals surface area contributed by atoms with Crippen molar-refractivity contribution in [2.24, 2.45) is 5.92 Å². The number of hydrogen-bond acceptors (Lipinski definition) is 4. The number of nitrogens with zero attached hydrogens (tertiary/aromatic N) is 1. The number of fused-ring (bicyclic) bond motifs is 2. The Morgan fingerprint density at radius 2 is 2.00 bits per heavy atom. The Hall–Kier alpha value is -1.55. The highest BCUT2D eigenvalue weighted by atomic mass is 16.5. The summed E-state index contributed by atoms with van der Waals surface area (Å²) < 4.78 is 5.07. The molecular weight excluding hydrogens is 252 g/mol. The Balaban J connectivity index is 1.95. The van der Waals surface area contributed by atoms with Crippen molar-refractivity contribution in [2.45, 2.75) is 37.3 Å². The molecule has 2 N–H and O–H groups in total. The van der Waals surface area contributed by atoms with E-state index in [9.17, 15) is 4.79 Å². The number of rotatable bonds is 2. The first-order valence-corrected chi connectivity index (χ1v) is 7.27. The molecule has 0 aliphatic carbocycles. The van der Waals surface area contributed by atoms with Crippen molar-refractivity contribution in [2.75, 3.05) is 19.9 Å². The van der Waals surface area contributed by atoms with Crippen molar-refractivity contribution in [3.63, 3.8) is 0 Å². The van der Waals surface area contributed by atoms with E-state index in [1.807, 2.05) is 12.1 Å². The number of nitrogen functional groups attached to an aromatic ring is 1. The Labute approximate surface area is 119 Å². The van der Waals surface area contributed by atoms with E-state index in [1.54, 1.807) is 0 Å². The maximum absolute atomic E-state index is 12.3. The molecule has 2 aliphatic heterocycles. The molecule has 4 heteroatoms. The number of esters is 1. The lowest BCUT2D eigenvalue weighted by molar-refractivity contribution is -0.150. The highest BCUT2D eigenvalue weighted by molar-refractivity contribution is 5.75. The van der Waals surface area contributed by atoms with Crippen LogP contribution in [0.5, 0.6) is 0 Å². The lowest BCUT2D eigenvalue weighted by Gasteiger charge is -2.41. The van der Waals surface area contributed by atoms with Gasteiger partial charge in [-0.3, -0.25) is 9.69 Å². The zero-order valence-corrected chi connectivity index (χ0v) is 12.1. The molecule has 1 aromatic rings. The quantitative estimate of drug-likeness (QED) is 0.662. The predicted molar refractivity (Wildman–Crippen MR) is 78.3 cm³/mol. The maximum atomic E-state index is 12.3. The lowest BCUT2D eigenvalue weighted by Crippen LogP contribution is -2.49. The van der Waals surface area contributed by atoms with Crippen molar-refractivity contribution in [3.05, 3.63) is 29.8 Å². The van der Waals surface area contributed by atoms with Gasteiger partial charge in [0.15, 0.2) is 0 Å². The summed E-state index contributed by atoms with van der Waals surface area (Å²) in [6, 6.07) is 8.85. The van der Waals surface area contributed by atoms with E-state index < -0.39 is 0 Å². The van der Waals surface area contributed by atoms with Gasteiger partial charge in [0.2, 0.25) is 0 Å². The van der Waals surface area contributed by atoms with Crippen molar-refractivity contribution >= 4 is 11.7 Å². The number of anilines is 1. The third-order valence-electron chi connectivity index (χ3n) is 5.11. The third kappa shape index (κ3) is 2.08. The topological polar surface area (TPSA) is 55.6 Å². The van der Waals surface area contributed by atoms with E-state index in [0.29, 0.717) is 12.1 Å². The van der Waals surface area contributed by atoms with Crippen LogP contribution in [-0.4, -0.2) is 37.1 Å². The Bertz CT molecular complexity index is 500. The maximum Gasteiger partial charge on any atom is 0.310 e. The van der Waals surface area contributed by atoms with Gasteiger partial charge in [-0.15, -0.1) is 0 Å². The lowest BCUT2D eigenvalue weighted by atomic mass is 9.76. The smallest absolute Gasteiger partial charge is 0.310 e. The van der Waals surface area contributed by atoms with Gasteiger partial charge >= 0.3 is 5.97 Å². The molecule has 3 rings (SSSR count). The van der Waals surface area contributed by atoms with E-state index in [1.165, 1.54) is 19.1 Å². The molecule has 4 nitrogen and oxygen atoms in total. The van der Waals surface area contributed by atoms with Gasteiger partial charge < -0.3 is 10.5 Å². The molecule has 20 heavy (non-hydrogen) atoms. The zero-order chi connectivity index (χ0) is 14.3. The Kier molecular flexibility index (Phi) is 3.42. The molecular formula is C16H22N2O2. The second-order valence-electron chi connectivity index (χ2n) is 6.02. The minimum absolute atomic E-state index is 0.0626. The molecule has 0 aromatic heterocycles. The summed E-state index contributed by atoms with van der Waals surface area (Å²) in [5.74, 6) is 0.105. The molecule has 4 atom stereocenters. The second-order valence-corrected chi connectivity index (χ2v) is 6.02. The van der Waals surface area contributed by atoms with Crippen molar-refractivity contribution in [1.29, 1.82) is 0 Å². The summed E-state index contributed by atoms with van der Waals surface area (Å²) in [5, 5.41) is 0. The van der Waals surface area contributed by atoms with Gasteiger partial charge in [-0.25, -0.2) is 0 Å². The number of ether oxygens (including phenoxy) is 1. The summed E-state index contributed by atoms with van der Waals surface area (Å²) >= 11 is 0. The van der Waals surface area contributed by atoms with Crippen LogP contribution in [0.3, 0.4) is 0 Å². The van der Waals surface area contributed by atoms with Gasteiger partial charge in [-0.05, 0) is 44.0 Å². The molecule has 2 heterocycles. The van der Waals surface area contributed by atoms with Gasteiger partial charge in [0.25, 0.3) is 0 Å². The van der Waals surface area contributed by atoms with E-state index in [-0.39, 0.29) is 17.8 Å². The van der Waals surface area contributed by atoms with Crippen molar-refractivity contribution < 1.29 is 9.53 Å². The number of methoxy groups -OCH3 is 1. The number of piperidine rings is 1. The van der Waals surface area contributed by atoms with Crippen molar-refractivity contribution in [1.82, 2.24) is 4.90 Å².